The number of aromatic nitrogens is 2. The van der Waals surface area contributed by atoms with Crippen molar-refractivity contribution in [2.45, 2.75) is 67.5 Å². The van der Waals surface area contributed by atoms with Gasteiger partial charge in [0.15, 0.2) is 0 Å². The minimum atomic E-state index is 0.0111. The molecule has 0 aliphatic rings. The number of imidazole rings is 1. The lowest BCUT2D eigenvalue weighted by Gasteiger charge is -2.27. The van der Waals surface area contributed by atoms with Gasteiger partial charge < -0.3 is 14.8 Å². The Morgan fingerprint density at radius 3 is 2.20 bits per heavy atom. The Hall–Kier alpha value is -2.37. The maximum Gasteiger partial charge on any atom is 0.242 e. The van der Waals surface area contributed by atoms with E-state index in [1.807, 2.05) is 47.6 Å². The van der Waals surface area contributed by atoms with Gasteiger partial charge in [0.1, 0.15) is 12.4 Å². The number of rotatable bonds is 11. The predicted molar refractivity (Wildman–Crippen MR) is 122 cm³/mol. The van der Waals surface area contributed by atoms with E-state index < -0.39 is 0 Å². The van der Waals surface area contributed by atoms with Gasteiger partial charge in [0, 0.05) is 19.0 Å². The third-order valence-electron chi connectivity index (χ3n) is 5.33. The Bertz CT molecular complexity index is 827. The molecule has 1 heterocycles. The second-order valence-corrected chi connectivity index (χ2v) is 8.92. The van der Waals surface area contributed by atoms with Crippen molar-refractivity contribution in [2.75, 3.05) is 13.1 Å². The van der Waals surface area contributed by atoms with Gasteiger partial charge in [-0.05, 0) is 36.8 Å². The van der Waals surface area contributed by atoms with Crippen LogP contribution in [0.4, 0.5) is 0 Å². The zero-order valence-electron chi connectivity index (χ0n) is 19.4. The number of para-hydroxylation sites is 2. The highest BCUT2D eigenvalue weighted by molar-refractivity contribution is 5.82. The average molecular weight is 415 g/mol. The molecule has 0 unspecified atom stereocenters. The Labute approximate surface area is 181 Å². The molecule has 0 fully saturated rings. The number of nitrogens with one attached hydrogen (secondary N) is 1. The van der Waals surface area contributed by atoms with E-state index >= 15 is 0 Å². The highest BCUT2D eigenvalue weighted by atomic mass is 16.2. The van der Waals surface area contributed by atoms with Crippen LogP contribution in [0.15, 0.2) is 24.3 Å². The molecule has 0 spiro atoms. The van der Waals surface area contributed by atoms with Gasteiger partial charge >= 0.3 is 0 Å². The first-order valence-electron chi connectivity index (χ1n) is 11.3. The van der Waals surface area contributed by atoms with Gasteiger partial charge in [0.25, 0.3) is 0 Å². The summed E-state index contributed by atoms with van der Waals surface area (Å²) >= 11 is 0. The Balaban J connectivity index is 2.27. The van der Waals surface area contributed by atoms with Crippen molar-refractivity contribution in [3.63, 3.8) is 0 Å². The van der Waals surface area contributed by atoms with Crippen molar-refractivity contribution in [2.24, 2.45) is 17.8 Å². The maximum absolute atomic E-state index is 13.2. The lowest BCUT2D eigenvalue weighted by Crippen LogP contribution is -2.39. The standard InChI is InChI=1S/C24H38N4O2/c1-7-19(8-2)24(30)25-13-22-26-20-11-9-10-12-21(20)28(22)16-23(29)27(14-17(3)4)15-18(5)6/h9-12,17-19H,7-8,13-16H2,1-6H3,(H,25,30). The molecule has 0 atom stereocenters. The number of benzene rings is 1. The number of hydrogen-bond acceptors (Lipinski definition) is 3. The SMILES string of the molecule is CCC(CC)C(=O)NCc1nc2ccccc2n1CC(=O)N(CC(C)C)CC(C)C. The smallest absolute Gasteiger partial charge is 0.242 e. The first-order valence-corrected chi connectivity index (χ1v) is 11.3. The van der Waals surface area contributed by atoms with Gasteiger partial charge in [-0.2, -0.15) is 0 Å². The zero-order chi connectivity index (χ0) is 22.3. The molecule has 0 aliphatic heterocycles. The highest BCUT2D eigenvalue weighted by Gasteiger charge is 2.21. The molecule has 2 rings (SSSR count). The molecular formula is C24H38N4O2. The van der Waals surface area contributed by atoms with Crippen molar-refractivity contribution >= 4 is 22.8 Å². The summed E-state index contributed by atoms with van der Waals surface area (Å²) in [5, 5.41) is 3.02. The lowest BCUT2D eigenvalue weighted by atomic mass is 10.0. The van der Waals surface area contributed by atoms with E-state index in [4.69, 9.17) is 4.98 Å². The summed E-state index contributed by atoms with van der Waals surface area (Å²) in [6, 6.07) is 7.83. The average Bonchev–Trinajstić information content (AvgIpc) is 3.03. The molecule has 0 radical (unpaired) electrons. The fourth-order valence-electron chi connectivity index (χ4n) is 3.80. The van der Waals surface area contributed by atoms with Gasteiger partial charge in [-0.1, -0.05) is 53.7 Å². The number of hydrogen-bond donors (Lipinski definition) is 1. The largest absolute Gasteiger partial charge is 0.349 e. The molecule has 1 N–H and O–H groups in total. The van der Waals surface area contributed by atoms with E-state index in [0.29, 0.717) is 18.4 Å². The minimum Gasteiger partial charge on any atom is -0.349 e. The molecule has 2 amide bonds. The Kier molecular flexibility index (Phi) is 8.88. The van der Waals surface area contributed by atoms with Crippen LogP contribution in [0.5, 0.6) is 0 Å². The lowest BCUT2D eigenvalue weighted by molar-refractivity contribution is -0.132. The first kappa shape index (κ1) is 23.9. The fourth-order valence-corrected chi connectivity index (χ4v) is 3.80. The molecule has 0 aliphatic carbocycles. The molecule has 6 heteroatoms. The normalized spacial score (nSPS) is 11.6. The highest BCUT2D eigenvalue weighted by Crippen LogP contribution is 2.18. The molecule has 2 aromatic rings. The van der Waals surface area contributed by atoms with Crippen molar-refractivity contribution in [3.8, 4) is 0 Å². The van der Waals surface area contributed by atoms with Crippen LogP contribution in [-0.2, 0) is 22.7 Å². The second kappa shape index (κ2) is 11.1. The summed E-state index contributed by atoms with van der Waals surface area (Å²) in [6.45, 7) is 14.6. The van der Waals surface area contributed by atoms with Gasteiger partial charge in [0.2, 0.25) is 11.8 Å². The molecular weight excluding hydrogens is 376 g/mol. The topological polar surface area (TPSA) is 67.2 Å². The summed E-state index contributed by atoms with van der Waals surface area (Å²) in [6.07, 6.45) is 1.63. The van der Waals surface area contributed by atoms with Crippen LogP contribution < -0.4 is 5.32 Å². The van der Waals surface area contributed by atoms with Crippen molar-refractivity contribution in [1.82, 2.24) is 19.8 Å². The van der Waals surface area contributed by atoms with E-state index in [0.717, 1.165) is 42.8 Å². The molecule has 1 aromatic heterocycles. The van der Waals surface area contributed by atoms with Crippen molar-refractivity contribution in [1.29, 1.82) is 0 Å². The molecule has 0 saturated heterocycles. The molecule has 0 bridgehead atoms. The van der Waals surface area contributed by atoms with Crippen LogP contribution in [0.3, 0.4) is 0 Å². The summed E-state index contributed by atoms with van der Waals surface area (Å²) in [5.74, 6) is 1.69. The predicted octanol–water partition coefficient (Wildman–Crippen LogP) is 4.23. The Morgan fingerprint density at radius 2 is 1.63 bits per heavy atom. The number of fused-ring (bicyclic) bond motifs is 1. The van der Waals surface area contributed by atoms with E-state index in [2.05, 4.69) is 33.0 Å². The second-order valence-electron chi connectivity index (χ2n) is 8.92. The molecule has 30 heavy (non-hydrogen) atoms. The van der Waals surface area contributed by atoms with Crippen LogP contribution in [0.25, 0.3) is 11.0 Å². The van der Waals surface area contributed by atoms with E-state index in [9.17, 15) is 9.59 Å². The summed E-state index contributed by atoms with van der Waals surface area (Å²) in [7, 11) is 0. The first-order chi connectivity index (χ1) is 14.3. The minimum absolute atomic E-state index is 0.0111. The van der Waals surface area contributed by atoms with Gasteiger partial charge in [-0.3, -0.25) is 9.59 Å². The van der Waals surface area contributed by atoms with E-state index in [-0.39, 0.29) is 24.3 Å². The van der Waals surface area contributed by atoms with Gasteiger partial charge in [-0.15, -0.1) is 0 Å². The Morgan fingerprint density at radius 1 is 1.03 bits per heavy atom. The number of nitrogens with zero attached hydrogens (tertiary/aromatic N) is 3. The number of amides is 2. The van der Waals surface area contributed by atoms with Crippen LogP contribution >= 0.6 is 0 Å². The molecule has 6 nitrogen and oxygen atoms in total. The molecule has 1 aromatic carbocycles. The number of carbonyl (C=O) groups is 2. The van der Waals surface area contributed by atoms with Crippen molar-refractivity contribution < 1.29 is 9.59 Å². The van der Waals surface area contributed by atoms with Gasteiger partial charge in [0.05, 0.1) is 17.6 Å². The summed E-state index contributed by atoms with van der Waals surface area (Å²) in [5.41, 5.74) is 1.77. The summed E-state index contributed by atoms with van der Waals surface area (Å²) < 4.78 is 1.96. The van der Waals surface area contributed by atoms with Gasteiger partial charge in [-0.25, -0.2) is 4.98 Å². The quantitative estimate of drug-likeness (QED) is 0.598. The van der Waals surface area contributed by atoms with Crippen LogP contribution in [0, 0.1) is 17.8 Å². The monoisotopic (exact) mass is 414 g/mol. The maximum atomic E-state index is 13.2. The third kappa shape index (κ3) is 6.31. The van der Waals surface area contributed by atoms with Crippen LogP contribution in [-0.4, -0.2) is 39.4 Å². The van der Waals surface area contributed by atoms with E-state index in [1.165, 1.54) is 0 Å². The zero-order valence-corrected chi connectivity index (χ0v) is 19.4. The van der Waals surface area contributed by atoms with E-state index in [1.54, 1.807) is 0 Å². The fraction of sp³-hybridized carbons (Fsp3) is 0.625. The molecule has 166 valence electrons. The molecule has 0 saturated carbocycles. The summed E-state index contributed by atoms with van der Waals surface area (Å²) in [4.78, 5) is 32.3. The van der Waals surface area contributed by atoms with Crippen LogP contribution in [0.1, 0.15) is 60.2 Å². The van der Waals surface area contributed by atoms with Crippen molar-refractivity contribution in [3.05, 3.63) is 30.1 Å². The van der Waals surface area contributed by atoms with Crippen LogP contribution in [0.2, 0.25) is 0 Å². The third-order valence-corrected chi connectivity index (χ3v) is 5.33. The number of carbonyl (C=O) groups excluding carboxylic acids is 2.